The molecule has 0 unspecified atom stereocenters. The summed E-state index contributed by atoms with van der Waals surface area (Å²) in [5, 5.41) is 10.7. The largest absolute Gasteiger partial charge is 0.389 e. The van der Waals surface area contributed by atoms with E-state index in [0.717, 1.165) is 31.4 Å². The molecule has 1 aliphatic rings. The van der Waals surface area contributed by atoms with Crippen molar-refractivity contribution in [2.75, 3.05) is 13.6 Å². The van der Waals surface area contributed by atoms with Crippen molar-refractivity contribution < 1.29 is 5.11 Å². The molecule has 0 radical (unpaired) electrons. The highest BCUT2D eigenvalue weighted by molar-refractivity contribution is 6.29. The van der Waals surface area contributed by atoms with E-state index in [2.05, 4.69) is 14.9 Å². The van der Waals surface area contributed by atoms with Crippen LogP contribution in [-0.4, -0.2) is 39.2 Å². The van der Waals surface area contributed by atoms with Gasteiger partial charge in [-0.05, 0) is 19.9 Å². The van der Waals surface area contributed by atoms with Gasteiger partial charge in [-0.1, -0.05) is 24.4 Å². The lowest BCUT2D eigenvalue weighted by atomic mass is 10.0. The van der Waals surface area contributed by atoms with Crippen LogP contribution in [-0.2, 0) is 6.54 Å². The molecule has 4 nitrogen and oxygen atoms in total. The van der Waals surface area contributed by atoms with Gasteiger partial charge in [0, 0.05) is 13.1 Å². The number of hydrogen-bond donors (Lipinski definition) is 1. The molecule has 0 spiro atoms. The van der Waals surface area contributed by atoms with Crippen LogP contribution in [0.2, 0.25) is 5.15 Å². The minimum atomic E-state index is -0.505. The summed E-state index contributed by atoms with van der Waals surface area (Å²) in [4.78, 5) is 10.3. The molecule has 1 aromatic heterocycles. The smallest absolute Gasteiger partial charge is 0.147 e. The number of likely N-dealkylation sites (N-methyl/N-ethyl adjacent to an activating group) is 1. The van der Waals surface area contributed by atoms with Gasteiger partial charge in [-0.25, -0.2) is 4.98 Å². The van der Waals surface area contributed by atoms with Crippen molar-refractivity contribution in [1.29, 1.82) is 0 Å². The number of halogens is 1. The van der Waals surface area contributed by atoms with Crippen LogP contribution in [0.3, 0.4) is 0 Å². The third-order valence-electron chi connectivity index (χ3n) is 3.20. The lowest BCUT2D eigenvalue weighted by Gasteiger charge is -2.28. The van der Waals surface area contributed by atoms with Crippen LogP contribution in [0.15, 0.2) is 12.4 Å². The van der Waals surface area contributed by atoms with Crippen LogP contribution >= 0.6 is 11.6 Å². The molecule has 1 aliphatic carbocycles. The molecule has 0 saturated heterocycles. The molecular formula is C12H18ClN3O. The van der Waals surface area contributed by atoms with Crippen molar-refractivity contribution in [3.8, 4) is 0 Å². The Morgan fingerprint density at radius 3 is 2.65 bits per heavy atom. The van der Waals surface area contributed by atoms with E-state index in [-0.39, 0.29) is 0 Å². The zero-order valence-corrected chi connectivity index (χ0v) is 10.8. The van der Waals surface area contributed by atoms with Gasteiger partial charge in [0.1, 0.15) is 5.15 Å². The molecule has 0 aromatic carbocycles. The fraction of sp³-hybridized carbons (Fsp3) is 0.667. The van der Waals surface area contributed by atoms with Gasteiger partial charge in [-0.2, -0.15) is 0 Å². The Bertz CT molecular complexity index is 363. The quantitative estimate of drug-likeness (QED) is 0.892. The summed E-state index contributed by atoms with van der Waals surface area (Å²) in [6.07, 6.45) is 7.30. The van der Waals surface area contributed by atoms with E-state index in [1.165, 1.54) is 0 Å². The minimum absolute atomic E-state index is 0.408. The zero-order valence-electron chi connectivity index (χ0n) is 10.1. The predicted octanol–water partition coefficient (Wildman–Crippen LogP) is 1.87. The highest BCUT2D eigenvalue weighted by atomic mass is 35.5. The van der Waals surface area contributed by atoms with Crippen molar-refractivity contribution in [1.82, 2.24) is 14.9 Å². The number of aromatic nitrogens is 2. The first-order valence-corrected chi connectivity index (χ1v) is 6.33. The summed E-state index contributed by atoms with van der Waals surface area (Å²) >= 11 is 5.68. The van der Waals surface area contributed by atoms with E-state index in [9.17, 15) is 5.11 Å². The summed E-state index contributed by atoms with van der Waals surface area (Å²) in [5.41, 5.74) is 0.368. The summed E-state index contributed by atoms with van der Waals surface area (Å²) in [6.45, 7) is 1.38. The Morgan fingerprint density at radius 2 is 2.06 bits per heavy atom. The van der Waals surface area contributed by atoms with E-state index in [1.54, 1.807) is 12.4 Å². The van der Waals surface area contributed by atoms with Gasteiger partial charge in [0.05, 0.1) is 23.7 Å². The predicted molar refractivity (Wildman–Crippen MR) is 66.8 cm³/mol. The van der Waals surface area contributed by atoms with Gasteiger partial charge in [-0.3, -0.25) is 9.88 Å². The second-order valence-corrected chi connectivity index (χ2v) is 5.32. The van der Waals surface area contributed by atoms with Crippen LogP contribution in [0, 0.1) is 0 Å². The second kappa shape index (κ2) is 5.29. The van der Waals surface area contributed by atoms with E-state index in [1.807, 2.05) is 7.05 Å². The fourth-order valence-corrected chi connectivity index (χ4v) is 2.54. The third-order valence-corrected chi connectivity index (χ3v) is 3.40. The standard InChI is InChI=1S/C12H18ClN3O/c1-16(9-12(17)4-2-3-5-12)8-10-6-15-11(13)7-14-10/h6-7,17H,2-5,8-9H2,1H3. The van der Waals surface area contributed by atoms with Crippen LogP contribution in [0.4, 0.5) is 0 Å². The molecule has 1 saturated carbocycles. The van der Waals surface area contributed by atoms with Crippen molar-refractivity contribution in [2.45, 2.75) is 37.8 Å². The molecule has 5 heteroatoms. The van der Waals surface area contributed by atoms with Crippen LogP contribution in [0.5, 0.6) is 0 Å². The first-order valence-electron chi connectivity index (χ1n) is 5.95. The molecule has 17 heavy (non-hydrogen) atoms. The monoisotopic (exact) mass is 255 g/mol. The summed E-state index contributed by atoms with van der Waals surface area (Å²) < 4.78 is 0. The summed E-state index contributed by atoms with van der Waals surface area (Å²) in [6, 6.07) is 0. The van der Waals surface area contributed by atoms with Crippen molar-refractivity contribution in [3.63, 3.8) is 0 Å². The Balaban J connectivity index is 1.88. The van der Waals surface area contributed by atoms with Crippen LogP contribution in [0.1, 0.15) is 31.4 Å². The van der Waals surface area contributed by atoms with Gasteiger partial charge < -0.3 is 5.11 Å². The number of aliphatic hydroxyl groups is 1. The lowest BCUT2D eigenvalue weighted by molar-refractivity contribution is 0.0142. The average Bonchev–Trinajstić information content (AvgIpc) is 2.68. The minimum Gasteiger partial charge on any atom is -0.389 e. The lowest BCUT2D eigenvalue weighted by Crippen LogP contribution is -2.38. The Kier molecular flexibility index (Phi) is 3.97. The fourth-order valence-electron chi connectivity index (χ4n) is 2.45. The molecule has 94 valence electrons. The molecule has 0 bridgehead atoms. The SMILES string of the molecule is CN(Cc1cnc(Cl)cn1)CC1(O)CCCC1. The highest BCUT2D eigenvalue weighted by Crippen LogP contribution is 2.30. The molecule has 1 fully saturated rings. The maximum Gasteiger partial charge on any atom is 0.147 e. The van der Waals surface area contributed by atoms with Gasteiger partial charge in [0.25, 0.3) is 0 Å². The third kappa shape index (κ3) is 3.63. The van der Waals surface area contributed by atoms with Crippen LogP contribution in [0.25, 0.3) is 0 Å². The number of nitrogens with zero attached hydrogens (tertiary/aromatic N) is 3. The maximum absolute atomic E-state index is 10.3. The molecule has 1 aromatic rings. The topological polar surface area (TPSA) is 49.2 Å². The highest BCUT2D eigenvalue weighted by Gasteiger charge is 2.32. The Hall–Kier alpha value is -0.710. The van der Waals surface area contributed by atoms with Gasteiger partial charge in [0.15, 0.2) is 0 Å². The van der Waals surface area contributed by atoms with E-state index in [4.69, 9.17) is 11.6 Å². The Morgan fingerprint density at radius 1 is 1.35 bits per heavy atom. The number of rotatable bonds is 4. The molecule has 1 N–H and O–H groups in total. The van der Waals surface area contributed by atoms with E-state index < -0.39 is 5.60 Å². The molecular weight excluding hydrogens is 238 g/mol. The Labute approximate surface area is 107 Å². The number of hydrogen-bond acceptors (Lipinski definition) is 4. The van der Waals surface area contributed by atoms with E-state index in [0.29, 0.717) is 18.2 Å². The van der Waals surface area contributed by atoms with Crippen molar-refractivity contribution in [2.24, 2.45) is 0 Å². The summed E-state index contributed by atoms with van der Waals surface area (Å²) in [7, 11) is 1.99. The van der Waals surface area contributed by atoms with Gasteiger partial charge in [-0.15, -0.1) is 0 Å². The maximum atomic E-state index is 10.3. The second-order valence-electron chi connectivity index (χ2n) is 4.93. The normalized spacial score (nSPS) is 18.8. The molecule has 2 rings (SSSR count). The van der Waals surface area contributed by atoms with Gasteiger partial charge >= 0.3 is 0 Å². The zero-order chi connectivity index (χ0) is 12.3. The first kappa shape index (κ1) is 12.7. The molecule has 0 amide bonds. The molecule has 0 atom stereocenters. The molecule has 0 aliphatic heterocycles. The van der Waals surface area contributed by atoms with E-state index >= 15 is 0 Å². The molecule has 1 heterocycles. The van der Waals surface area contributed by atoms with Crippen LogP contribution < -0.4 is 0 Å². The van der Waals surface area contributed by atoms with Crippen molar-refractivity contribution >= 4 is 11.6 Å². The van der Waals surface area contributed by atoms with Crippen molar-refractivity contribution in [3.05, 3.63) is 23.2 Å². The first-order chi connectivity index (χ1) is 8.07. The van der Waals surface area contributed by atoms with Gasteiger partial charge in [0.2, 0.25) is 0 Å². The summed E-state index contributed by atoms with van der Waals surface area (Å²) in [5.74, 6) is 0. The average molecular weight is 256 g/mol.